The Labute approximate surface area is 168 Å². The van der Waals surface area contributed by atoms with Gasteiger partial charge in [-0.2, -0.15) is 0 Å². The smallest absolute Gasteiger partial charge is 0.287 e. The zero-order valence-electron chi connectivity index (χ0n) is 15.7. The number of amides is 2. The minimum atomic E-state index is -0.275. The van der Waals surface area contributed by atoms with Gasteiger partial charge in [-0.15, -0.1) is 0 Å². The van der Waals surface area contributed by atoms with E-state index in [9.17, 15) is 9.59 Å². The van der Waals surface area contributed by atoms with E-state index in [1.165, 1.54) is 0 Å². The Bertz CT molecular complexity index is 1050. The van der Waals surface area contributed by atoms with Crippen LogP contribution in [0.1, 0.15) is 47.5 Å². The molecule has 0 radical (unpaired) electrons. The number of furan rings is 1. The van der Waals surface area contributed by atoms with Gasteiger partial charge in [-0.3, -0.25) is 9.59 Å². The number of rotatable bonds is 5. The third kappa shape index (κ3) is 3.76. The number of aryl methyl sites for hydroxylation is 1. The van der Waals surface area contributed by atoms with Gasteiger partial charge in [0.25, 0.3) is 5.91 Å². The molecule has 28 heavy (non-hydrogen) atoms. The van der Waals surface area contributed by atoms with Gasteiger partial charge in [0.1, 0.15) is 5.58 Å². The Morgan fingerprint density at radius 1 is 1.14 bits per heavy atom. The van der Waals surface area contributed by atoms with Crippen molar-refractivity contribution in [3.05, 3.63) is 64.4 Å². The fourth-order valence-electron chi connectivity index (χ4n) is 3.20. The van der Waals surface area contributed by atoms with Gasteiger partial charge in [0.05, 0.1) is 6.04 Å². The lowest BCUT2D eigenvalue weighted by atomic mass is 10.1. The first-order valence-electron chi connectivity index (χ1n) is 9.32. The first-order valence-corrected chi connectivity index (χ1v) is 9.70. The number of halogens is 1. The molecule has 5 nitrogen and oxygen atoms in total. The Balaban J connectivity index is 1.45. The molecule has 144 valence electrons. The summed E-state index contributed by atoms with van der Waals surface area (Å²) in [5.41, 5.74) is 3.11. The lowest BCUT2D eigenvalue weighted by Gasteiger charge is -2.14. The predicted molar refractivity (Wildman–Crippen MR) is 110 cm³/mol. The van der Waals surface area contributed by atoms with Crippen LogP contribution in [-0.4, -0.2) is 11.8 Å². The van der Waals surface area contributed by atoms with Crippen LogP contribution in [0, 0.1) is 12.8 Å². The highest BCUT2D eigenvalue weighted by Gasteiger charge is 2.29. The molecule has 1 saturated carbocycles. The number of hydrogen-bond acceptors (Lipinski definition) is 3. The Morgan fingerprint density at radius 3 is 2.54 bits per heavy atom. The summed E-state index contributed by atoms with van der Waals surface area (Å²) in [7, 11) is 0. The second-order valence-corrected chi connectivity index (χ2v) is 7.71. The lowest BCUT2D eigenvalue weighted by molar-refractivity contribution is -0.117. The van der Waals surface area contributed by atoms with Crippen LogP contribution in [0.4, 0.5) is 5.69 Å². The average molecular weight is 397 g/mol. The summed E-state index contributed by atoms with van der Waals surface area (Å²) in [4.78, 5) is 24.5. The maximum atomic E-state index is 12.7. The summed E-state index contributed by atoms with van der Waals surface area (Å²) in [5.74, 6) is 0.259. The van der Waals surface area contributed by atoms with E-state index in [-0.39, 0.29) is 29.5 Å². The van der Waals surface area contributed by atoms with Gasteiger partial charge in [-0.25, -0.2) is 0 Å². The predicted octanol–water partition coefficient (Wildman–Crippen LogP) is 5.23. The van der Waals surface area contributed by atoms with Crippen molar-refractivity contribution in [3.8, 4) is 0 Å². The van der Waals surface area contributed by atoms with E-state index in [1.807, 2.05) is 38.1 Å². The average Bonchev–Trinajstić information content (AvgIpc) is 3.47. The number of benzene rings is 2. The number of carbonyl (C=O) groups is 2. The van der Waals surface area contributed by atoms with Crippen molar-refractivity contribution in [1.29, 1.82) is 0 Å². The molecular weight excluding hydrogens is 376 g/mol. The van der Waals surface area contributed by atoms with Crippen molar-refractivity contribution in [2.45, 2.75) is 32.7 Å². The number of hydrogen-bond donors (Lipinski definition) is 2. The van der Waals surface area contributed by atoms with Crippen molar-refractivity contribution >= 4 is 40.1 Å². The monoisotopic (exact) mass is 396 g/mol. The second-order valence-electron chi connectivity index (χ2n) is 7.28. The summed E-state index contributed by atoms with van der Waals surface area (Å²) in [6, 6.07) is 12.6. The number of nitrogens with one attached hydrogen (secondary N) is 2. The third-order valence-corrected chi connectivity index (χ3v) is 5.31. The molecule has 0 saturated heterocycles. The van der Waals surface area contributed by atoms with Crippen LogP contribution >= 0.6 is 11.6 Å². The summed E-state index contributed by atoms with van der Waals surface area (Å²) in [5, 5.41) is 7.31. The molecule has 2 N–H and O–H groups in total. The minimum absolute atomic E-state index is 0.0783. The molecule has 0 spiro atoms. The normalized spacial score (nSPS) is 14.7. The molecule has 3 aromatic rings. The molecule has 2 amide bonds. The van der Waals surface area contributed by atoms with E-state index in [4.69, 9.17) is 16.0 Å². The van der Waals surface area contributed by atoms with Gasteiger partial charge >= 0.3 is 0 Å². The first-order chi connectivity index (χ1) is 13.4. The lowest BCUT2D eigenvalue weighted by Crippen LogP contribution is -2.26. The van der Waals surface area contributed by atoms with E-state index in [2.05, 4.69) is 10.6 Å². The number of carbonyl (C=O) groups excluding carboxylic acids is 2. The molecule has 0 aliphatic heterocycles. The number of anilines is 1. The van der Waals surface area contributed by atoms with Crippen LogP contribution < -0.4 is 10.6 Å². The highest BCUT2D eigenvalue weighted by atomic mass is 35.5. The molecule has 1 aromatic heterocycles. The maximum absolute atomic E-state index is 12.7. The zero-order chi connectivity index (χ0) is 19.8. The molecular formula is C22H21ClN2O3. The van der Waals surface area contributed by atoms with Crippen molar-refractivity contribution in [2.75, 3.05) is 5.32 Å². The van der Waals surface area contributed by atoms with Crippen molar-refractivity contribution in [3.63, 3.8) is 0 Å². The van der Waals surface area contributed by atoms with E-state index in [1.54, 1.807) is 18.2 Å². The van der Waals surface area contributed by atoms with Crippen LogP contribution in [-0.2, 0) is 4.79 Å². The van der Waals surface area contributed by atoms with Crippen LogP contribution in [0.3, 0.4) is 0 Å². The van der Waals surface area contributed by atoms with Crippen molar-refractivity contribution in [2.24, 2.45) is 5.92 Å². The molecule has 1 unspecified atom stereocenters. The topological polar surface area (TPSA) is 71.3 Å². The third-order valence-electron chi connectivity index (χ3n) is 5.08. The fraction of sp³-hybridized carbons (Fsp3) is 0.273. The standard InChI is InChI=1S/C22H21ClN2O3/c1-12-18-11-16(23)7-10-19(18)28-20(12)22(27)24-13(2)14-5-8-17(9-6-14)25-21(26)15-3-4-15/h5-11,13,15H,3-4H2,1-2H3,(H,24,27)(H,25,26). The summed E-state index contributed by atoms with van der Waals surface area (Å²) in [6.07, 6.45) is 1.95. The molecule has 6 heteroatoms. The van der Waals surface area contributed by atoms with Gasteiger partial charge in [0, 0.05) is 27.6 Å². The van der Waals surface area contributed by atoms with Gasteiger partial charge in [0.15, 0.2) is 5.76 Å². The summed E-state index contributed by atoms with van der Waals surface area (Å²) in [6.45, 7) is 3.75. The van der Waals surface area contributed by atoms with Crippen molar-refractivity contribution < 1.29 is 14.0 Å². The highest BCUT2D eigenvalue weighted by Crippen LogP contribution is 2.30. The second kappa shape index (κ2) is 7.32. The van der Waals surface area contributed by atoms with E-state index in [0.717, 1.165) is 35.0 Å². The molecule has 1 fully saturated rings. The Kier molecular flexibility index (Phi) is 4.85. The van der Waals surface area contributed by atoms with Crippen LogP contribution in [0.2, 0.25) is 5.02 Å². The molecule has 1 aliphatic carbocycles. The molecule has 2 aromatic carbocycles. The SMILES string of the molecule is Cc1c(C(=O)NC(C)c2ccc(NC(=O)C3CC3)cc2)oc2ccc(Cl)cc12. The molecule has 1 heterocycles. The maximum Gasteiger partial charge on any atom is 0.287 e. The first kappa shape index (κ1) is 18.6. The van der Waals surface area contributed by atoms with Gasteiger partial charge < -0.3 is 15.1 Å². The number of fused-ring (bicyclic) bond motifs is 1. The Hall–Kier alpha value is -2.79. The van der Waals surface area contributed by atoms with Crippen molar-refractivity contribution in [1.82, 2.24) is 5.32 Å². The minimum Gasteiger partial charge on any atom is -0.451 e. The Morgan fingerprint density at radius 2 is 1.86 bits per heavy atom. The van der Waals surface area contributed by atoms with E-state index >= 15 is 0 Å². The van der Waals surface area contributed by atoms with Crippen LogP contribution in [0.5, 0.6) is 0 Å². The fourth-order valence-corrected chi connectivity index (χ4v) is 3.37. The molecule has 4 rings (SSSR count). The molecule has 1 aliphatic rings. The highest BCUT2D eigenvalue weighted by molar-refractivity contribution is 6.31. The van der Waals surface area contributed by atoms with E-state index in [0.29, 0.717) is 10.6 Å². The summed E-state index contributed by atoms with van der Waals surface area (Å²) < 4.78 is 5.73. The van der Waals surface area contributed by atoms with Crippen LogP contribution in [0.15, 0.2) is 46.9 Å². The molecule has 1 atom stereocenters. The van der Waals surface area contributed by atoms with E-state index < -0.39 is 0 Å². The molecule has 0 bridgehead atoms. The van der Waals surface area contributed by atoms with Gasteiger partial charge in [-0.05, 0) is 62.6 Å². The van der Waals surface area contributed by atoms with Crippen LogP contribution in [0.25, 0.3) is 11.0 Å². The van der Waals surface area contributed by atoms with Gasteiger partial charge in [0.2, 0.25) is 5.91 Å². The van der Waals surface area contributed by atoms with Gasteiger partial charge in [-0.1, -0.05) is 23.7 Å². The summed E-state index contributed by atoms with van der Waals surface area (Å²) >= 11 is 6.04. The zero-order valence-corrected chi connectivity index (χ0v) is 16.5. The quantitative estimate of drug-likeness (QED) is 0.620. The largest absolute Gasteiger partial charge is 0.451 e.